The lowest BCUT2D eigenvalue weighted by Crippen LogP contribution is -2.26. The van der Waals surface area contributed by atoms with Gasteiger partial charge in [0, 0.05) is 16.0 Å². The average molecular weight is 377 g/mol. The number of hydrogen-bond donors (Lipinski definition) is 1. The predicted octanol–water partition coefficient (Wildman–Crippen LogP) is 2.02. The minimum atomic E-state index is -0.661. The summed E-state index contributed by atoms with van der Waals surface area (Å²) in [5.41, 5.74) is 1.22. The Morgan fingerprint density at radius 2 is 2.16 bits per heavy atom. The zero-order chi connectivity index (χ0) is 18.2. The Kier molecular flexibility index (Phi) is 6.80. The molecule has 25 heavy (non-hydrogen) atoms. The van der Waals surface area contributed by atoms with E-state index in [-0.39, 0.29) is 17.2 Å². The van der Waals surface area contributed by atoms with Crippen LogP contribution in [0.3, 0.4) is 0 Å². The molecule has 1 aromatic heterocycles. The summed E-state index contributed by atoms with van der Waals surface area (Å²) in [5, 5.41) is 12.9. The second-order valence-corrected chi connectivity index (χ2v) is 6.72. The van der Waals surface area contributed by atoms with E-state index in [0.717, 1.165) is 16.2 Å². The van der Waals surface area contributed by atoms with Crippen molar-refractivity contribution < 1.29 is 14.3 Å². The molecule has 1 amide bonds. The molecule has 0 aliphatic rings. The van der Waals surface area contributed by atoms with Crippen molar-refractivity contribution >= 4 is 40.7 Å². The molecule has 130 valence electrons. The van der Waals surface area contributed by atoms with Gasteiger partial charge in [-0.05, 0) is 19.1 Å². The molecular formula is C16H15N3O4S2. The van der Waals surface area contributed by atoms with Gasteiger partial charge in [0.25, 0.3) is 5.91 Å². The molecule has 9 heteroatoms. The van der Waals surface area contributed by atoms with Crippen LogP contribution in [0, 0.1) is 18.3 Å². The second kappa shape index (κ2) is 9.05. The number of aromatic nitrogens is 1. The first-order valence-electron chi connectivity index (χ1n) is 7.20. The fourth-order valence-corrected chi connectivity index (χ4v) is 3.31. The Morgan fingerprint density at radius 1 is 1.40 bits per heavy atom. The minimum Gasteiger partial charge on any atom is -0.454 e. The average Bonchev–Trinajstić information content (AvgIpc) is 2.91. The number of amides is 1. The zero-order valence-corrected chi connectivity index (χ0v) is 15.0. The molecule has 7 nitrogen and oxygen atoms in total. The van der Waals surface area contributed by atoms with Gasteiger partial charge in [-0.3, -0.25) is 19.0 Å². The minimum absolute atomic E-state index is 0.226. The van der Waals surface area contributed by atoms with Gasteiger partial charge in [-0.1, -0.05) is 23.5 Å². The first-order chi connectivity index (χ1) is 12.0. The van der Waals surface area contributed by atoms with Crippen LogP contribution in [-0.4, -0.2) is 28.8 Å². The zero-order valence-electron chi connectivity index (χ0n) is 13.4. The maximum atomic E-state index is 12.0. The third kappa shape index (κ3) is 5.48. The van der Waals surface area contributed by atoms with E-state index in [4.69, 9.17) is 10.00 Å². The largest absolute Gasteiger partial charge is 0.454 e. The monoisotopic (exact) mass is 377 g/mol. The Morgan fingerprint density at radius 3 is 2.84 bits per heavy atom. The van der Waals surface area contributed by atoms with Gasteiger partial charge in [-0.2, -0.15) is 5.26 Å². The normalized spacial score (nSPS) is 10.1. The quantitative estimate of drug-likeness (QED) is 0.585. The molecular weight excluding hydrogens is 362 g/mol. The van der Waals surface area contributed by atoms with Gasteiger partial charge in [0.05, 0.1) is 17.5 Å². The van der Waals surface area contributed by atoms with E-state index in [2.05, 4.69) is 5.32 Å². The van der Waals surface area contributed by atoms with Crippen LogP contribution in [0.25, 0.3) is 0 Å². The van der Waals surface area contributed by atoms with E-state index in [1.807, 2.05) is 6.07 Å². The smallest absolute Gasteiger partial charge is 0.326 e. The number of nitriles is 1. The summed E-state index contributed by atoms with van der Waals surface area (Å²) >= 11 is 2.30. The number of rotatable bonds is 7. The Bertz CT molecular complexity index is 867. The molecule has 0 bridgehead atoms. The third-order valence-corrected chi connectivity index (χ3v) is 4.90. The summed E-state index contributed by atoms with van der Waals surface area (Å²) in [6, 6.07) is 9.07. The summed E-state index contributed by atoms with van der Waals surface area (Å²) < 4.78 is 6.21. The Labute approximate surface area is 152 Å². The van der Waals surface area contributed by atoms with Crippen LogP contribution < -0.4 is 10.2 Å². The highest BCUT2D eigenvalue weighted by Crippen LogP contribution is 2.26. The van der Waals surface area contributed by atoms with Gasteiger partial charge in [0.1, 0.15) is 6.54 Å². The van der Waals surface area contributed by atoms with Crippen LogP contribution in [0.2, 0.25) is 0 Å². The predicted molar refractivity (Wildman–Crippen MR) is 95.7 cm³/mol. The number of nitrogens with one attached hydrogen (secondary N) is 1. The van der Waals surface area contributed by atoms with Crippen LogP contribution in [0.4, 0.5) is 5.69 Å². The van der Waals surface area contributed by atoms with Crippen LogP contribution in [-0.2, 0) is 20.9 Å². The van der Waals surface area contributed by atoms with E-state index in [0.29, 0.717) is 11.4 Å². The van der Waals surface area contributed by atoms with Crippen LogP contribution >= 0.6 is 23.1 Å². The third-order valence-electron chi connectivity index (χ3n) is 3.08. The number of thioether (sulfide) groups is 1. The van der Waals surface area contributed by atoms with Crippen molar-refractivity contribution in [2.75, 3.05) is 17.7 Å². The molecule has 1 aromatic carbocycles. The van der Waals surface area contributed by atoms with Gasteiger partial charge in [0.2, 0.25) is 0 Å². The van der Waals surface area contributed by atoms with Crippen LogP contribution in [0.15, 0.2) is 39.3 Å². The summed E-state index contributed by atoms with van der Waals surface area (Å²) in [6.45, 7) is 1.04. The van der Waals surface area contributed by atoms with Crippen molar-refractivity contribution in [3.8, 4) is 6.07 Å². The molecule has 2 rings (SSSR count). The maximum absolute atomic E-state index is 12.0. The van der Waals surface area contributed by atoms with E-state index < -0.39 is 18.5 Å². The van der Waals surface area contributed by atoms with Crippen molar-refractivity contribution in [2.45, 2.75) is 18.4 Å². The SMILES string of the molecule is Cc1csc(=O)n1CC(=O)OCC(=O)Nc1ccccc1SCC#N. The summed E-state index contributed by atoms with van der Waals surface area (Å²) in [6.07, 6.45) is 0. The van der Waals surface area contributed by atoms with E-state index in [9.17, 15) is 14.4 Å². The lowest BCUT2D eigenvalue weighted by Gasteiger charge is -2.10. The van der Waals surface area contributed by atoms with E-state index in [1.54, 1.807) is 36.6 Å². The Hall–Kier alpha value is -2.57. The molecule has 0 unspecified atom stereocenters. The number of anilines is 1. The van der Waals surface area contributed by atoms with Gasteiger partial charge in [-0.25, -0.2) is 0 Å². The van der Waals surface area contributed by atoms with E-state index >= 15 is 0 Å². The lowest BCUT2D eigenvalue weighted by atomic mass is 10.3. The molecule has 0 aliphatic heterocycles. The topological polar surface area (TPSA) is 101 Å². The maximum Gasteiger partial charge on any atom is 0.326 e. The number of para-hydroxylation sites is 1. The van der Waals surface area contributed by atoms with Crippen molar-refractivity contribution in [2.24, 2.45) is 0 Å². The number of aryl methyl sites for hydroxylation is 1. The first kappa shape index (κ1) is 18.8. The molecule has 0 saturated heterocycles. The molecule has 1 N–H and O–H groups in total. The highest BCUT2D eigenvalue weighted by Gasteiger charge is 2.13. The number of benzene rings is 1. The number of thiazole rings is 1. The van der Waals surface area contributed by atoms with Gasteiger partial charge < -0.3 is 10.1 Å². The molecule has 1 heterocycles. The van der Waals surface area contributed by atoms with Crippen molar-refractivity contribution in [3.63, 3.8) is 0 Å². The van der Waals surface area contributed by atoms with Crippen LogP contribution in [0.5, 0.6) is 0 Å². The number of esters is 1. The van der Waals surface area contributed by atoms with Gasteiger partial charge >= 0.3 is 10.8 Å². The number of hydrogen-bond acceptors (Lipinski definition) is 7. The molecule has 0 aliphatic carbocycles. The van der Waals surface area contributed by atoms with Gasteiger partial charge in [-0.15, -0.1) is 11.8 Å². The summed E-state index contributed by atoms with van der Waals surface area (Å²) in [7, 11) is 0. The fourth-order valence-electron chi connectivity index (χ4n) is 1.91. The molecule has 0 saturated carbocycles. The van der Waals surface area contributed by atoms with Crippen molar-refractivity contribution in [3.05, 3.63) is 45.0 Å². The first-order valence-corrected chi connectivity index (χ1v) is 9.07. The van der Waals surface area contributed by atoms with Gasteiger partial charge in [0.15, 0.2) is 6.61 Å². The number of ether oxygens (including phenoxy) is 1. The molecule has 0 spiro atoms. The molecule has 0 fully saturated rings. The standard InChI is InChI=1S/C16H15N3O4S2/c1-11-10-25-16(22)19(11)8-15(21)23-9-14(20)18-12-4-2-3-5-13(12)24-7-6-17/h2-5,10H,7-9H2,1H3,(H,18,20). The highest BCUT2D eigenvalue weighted by molar-refractivity contribution is 7.99. The van der Waals surface area contributed by atoms with Crippen LogP contribution in [0.1, 0.15) is 5.69 Å². The van der Waals surface area contributed by atoms with Crippen molar-refractivity contribution in [1.29, 1.82) is 5.26 Å². The van der Waals surface area contributed by atoms with Crippen molar-refractivity contribution in [1.82, 2.24) is 4.57 Å². The number of carbonyl (C=O) groups excluding carboxylic acids is 2. The molecule has 0 radical (unpaired) electrons. The highest BCUT2D eigenvalue weighted by atomic mass is 32.2. The number of carbonyl (C=O) groups is 2. The fraction of sp³-hybridized carbons (Fsp3) is 0.250. The summed E-state index contributed by atoms with van der Waals surface area (Å²) in [4.78, 5) is 35.8. The number of nitrogens with zero attached hydrogens (tertiary/aromatic N) is 2. The molecule has 0 atom stereocenters. The molecule has 2 aromatic rings. The van der Waals surface area contributed by atoms with E-state index in [1.165, 1.54) is 16.3 Å². The second-order valence-electron chi connectivity index (χ2n) is 4.88. The lowest BCUT2D eigenvalue weighted by molar-refractivity contribution is -0.147. The Balaban J connectivity index is 1.88. The summed E-state index contributed by atoms with van der Waals surface area (Å²) in [5.74, 6) is -0.894.